The lowest BCUT2D eigenvalue weighted by Gasteiger charge is -2.24. The minimum absolute atomic E-state index is 0.0822. The van der Waals surface area contributed by atoms with Gasteiger partial charge in [-0.05, 0) is 72.9 Å². The van der Waals surface area contributed by atoms with Crippen LogP contribution in [0.2, 0.25) is 0 Å². The lowest BCUT2D eigenvalue weighted by atomic mass is 9.87. The van der Waals surface area contributed by atoms with E-state index in [9.17, 15) is 14.7 Å². The number of aliphatic carboxylic acids is 1. The molecule has 3 aromatic rings. The van der Waals surface area contributed by atoms with Crippen LogP contribution in [-0.2, 0) is 23.2 Å². The Bertz CT molecular complexity index is 1330. The van der Waals surface area contributed by atoms with Crippen LogP contribution in [-0.4, -0.2) is 52.1 Å². The molecule has 1 heterocycles. The normalized spacial score (nSPS) is 15.9. The highest BCUT2D eigenvalue weighted by atomic mass is 16.5. The van der Waals surface area contributed by atoms with E-state index in [1.54, 1.807) is 13.8 Å². The van der Waals surface area contributed by atoms with Crippen LogP contribution >= 0.6 is 0 Å². The maximum absolute atomic E-state index is 13.0. The Morgan fingerprint density at radius 1 is 0.950 bits per heavy atom. The number of ether oxygens (including phenoxy) is 1. The van der Waals surface area contributed by atoms with Gasteiger partial charge in [0, 0.05) is 25.7 Å². The zero-order valence-corrected chi connectivity index (χ0v) is 24.6. The van der Waals surface area contributed by atoms with E-state index in [1.807, 2.05) is 59.3 Å². The number of hydrogen-bond donors (Lipinski definition) is 1. The fourth-order valence-electron chi connectivity index (χ4n) is 5.11. The fourth-order valence-corrected chi connectivity index (χ4v) is 5.11. The zero-order valence-electron chi connectivity index (χ0n) is 24.6. The molecule has 212 valence electrons. The van der Waals surface area contributed by atoms with E-state index < -0.39 is 11.6 Å². The molecule has 1 N–H and O–H groups in total. The van der Waals surface area contributed by atoms with E-state index in [0.29, 0.717) is 12.3 Å². The highest BCUT2D eigenvalue weighted by Gasteiger charge is 2.34. The van der Waals surface area contributed by atoms with Gasteiger partial charge in [0.15, 0.2) is 5.60 Å². The SMILES string of the molecule is CN1C(=O)N(Cc2ccc(C(C)(C)C)cc2)CC1CCCc1ccc(OC(C)(C)C(=O)O)c(-c2ccccc2)c1. The maximum Gasteiger partial charge on any atom is 0.347 e. The monoisotopic (exact) mass is 542 g/mol. The van der Waals surface area contributed by atoms with Crippen molar-refractivity contribution in [2.45, 2.75) is 77.5 Å². The smallest absolute Gasteiger partial charge is 0.347 e. The molecule has 0 aromatic heterocycles. The number of carbonyl (C=O) groups excluding carboxylic acids is 1. The first-order chi connectivity index (χ1) is 18.8. The second kappa shape index (κ2) is 11.7. The average Bonchev–Trinajstić information content (AvgIpc) is 3.17. The summed E-state index contributed by atoms with van der Waals surface area (Å²) in [7, 11) is 1.90. The lowest BCUT2D eigenvalue weighted by molar-refractivity contribution is -0.152. The summed E-state index contributed by atoms with van der Waals surface area (Å²) >= 11 is 0. The minimum Gasteiger partial charge on any atom is -0.478 e. The maximum atomic E-state index is 13.0. The predicted molar refractivity (Wildman–Crippen MR) is 160 cm³/mol. The number of urea groups is 1. The molecule has 1 aliphatic rings. The van der Waals surface area contributed by atoms with E-state index >= 15 is 0 Å². The van der Waals surface area contributed by atoms with E-state index in [1.165, 1.54) is 5.56 Å². The molecule has 1 unspecified atom stereocenters. The van der Waals surface area contributed by atoms with Gasteiger partial charge >= 0.3 is 12.0 Å². The standard InChI is InChI=1S/C34H42N2O4/c1-33(2,3)27-18-15-25(16-19-27)22-36-23-28(35(6)32(36)39)14-10-11-24-17-20-30(40-34(4,5)31(37)38)29(21-24)26-12-8-7-9-13-26/h7-9,12-13,15-21,28H,10-11,14,22-23H2,1-6H3,(H,37,38). The van der Waals surface area contributed by atoms with Crippen LogP contribution < -0.4 is 4.74 Å². The summed E-state index contributed by atoms with van der Waals surface area (Å²) in [5, 5.41) is 9.56. The summed E-state index contributed by atoms with van der Waals surface area (Å²) in [6.45, 7) is 11.1. The van der Waals surface area contributed by atoms with Crippen LogP contribution in [0.4, 0.5) is 4.79 Å². The molecule has 40 heavy (non-hydrogen) atoms. The second-order valence-corrected chi connectivity index (χ2v) is 12.4. The van der Waals surface area contributed by atoms with Gasteiger partial charge in [-0.2, -0.15) is 0 Å². The first-order valence-electron chi connectivity index (χ1n) is 14.1. The molecule has 1 atom stereocenters. The fraction of sp³-hybridized carbons (Fsp3) is 0.412. The number of hydrogen-bond acceptors (Lipinski definition) is 3. The number of benzene rings is 3. The molecular formula is C34H42N2O4. The third kappa shape index (κ3) is 6.85. The van der Waals surface area contributed by atoms with Crippen molar-refractivity contribution < 1.29 is 19.4 Å². The molecule has 0 spiro atoms. The molecule has 6 nitrogen and oxygen atoms in total. The molecule has 0 bridgehead atoms. The van der Waals surface area contributed by atoms with Gasteiger partial charge in [0.25, 0.3) is 0 Å². The molecule has 6 heteroatoms. The highest BCUT2D eigenvalue weighted by molar-refractivity contribution is 5.78. The molecule has 0 saturated carbocycles. The molecule has 1 aliphatic heterocycles. The van der Waals surface area contributed by atoms with Gasteiger partial charge in [-0.3, -0.25) is 0 Å². The predicted octanol–water partition coefficient (Wildman–Crippen LogP) is 7.15. The number of likely N-dealkylation sites (N-methyl/N-ethyl adjacent to an activating group) is 1. The molecule has 3 aromatic carbocycles. The molecule has 4 rings (SSSR count). The van der Waals surface area contributed by atoms with Crippen LogP contribution in [0.1, 0.15) is 64.2 Å². The summed E-state index contributed by atoms with van der Waals surface area (Å²) < 4.78 is 5.95. The Hall–Kier alpha value is -3.80. The van der Waals surface area contributed by atoms with E-state index in [2.05, 4.69) is 51.1 Å². The summed E-state index contributed by atoms with van der Waals surface area (Å²) in [5.74, 6) is -0.462. The van der Waals surface area contributed by atoms with E-state index in [4.69, 9.17) is 4.74 Å². The Balaban J connectivity index is 1.40. The summed E-state index contributed by atoms with van der Waals surface area (Å²) in [6.07, 6.45) is 2.70. The Morgan fingerprint density at radius 3 is 2.23 bits per heavy atom. The minimum atomic E-state index is -1.34. The molecule has 0 aliphatic carbocycles. The summed E-state index contributed by atoms with van der Waals surface area (Å²) in [6, 6.07) is 24.7. The van der Waals surface area contributed by atoms with E-state index in [-0.39, 0.29) is 17.5 Å². The van der Waals surface area contributed by atoms with Crippen LogP contribution in [0.3, 0.4) is 0 Å². The largest absolute Gasteiger partial charge is 0.478 e. The number of aryl methyl sites for hydroxylation is 1. The van der Waals surface area contributed by atoms with Gasteiger partial charge in [-0.15, -0.1) is 0 Å². The van der Waals surface area contributed by atoms with Gasteiger partial charge < -0.3 is 19.6 Å². The molecular weight excluding hydrogens is 500 g/mol. The number of carboxylic acids is 1. The number of amides is 2. The van der Waals surface area contributed by atoms with Gasteiger partial charge in [0.05, 0.1) is 6.04 Å². The van der Waals surface area contributed by atoms with E-state index in [0.717, 1.165) is 48.1 Å². The molecule has 1 saturated heterocycles. The van der Waals surface area contributed by atoms with Gasteiger partial charge in [0.1, 0.15) is 5.75 Å². The van der Waals surface area contributed by atoms with Gasteiger partial charge in [0.2, 0.25) is 0 Å². The van der Waals surface area contributed by atoms with Crippen molar-refractivity contribution in [3.05, 3.63) is 89.5 Å². The van der Waals surface area contributed by atoms with Gasteiger partial charge in [-0.25, -0.2) is 9.59 Å². The van der Waals surface area contributed by atoms with Crippen molar-refractivity contribution in [3.8, 4) is 16.9 Å². The van der Waals surface area contributed by atoms with Crippen molar-refractivity contribution in [3.63, 3.8) is 0 Å². The zero-order chi connectivity index (χ0) is 29.1. The number of nitrogens with zero attached hydrogens (tertiary/aromatic N) is 2. The van der Waals surface area contributed by atoms with Crippen LogP contribution in [0.25, 0.3) is 11.1 Å². The second-order valence-electron chi connectivity index (χ2n) is 12.4. The van der Waals surface area contributed by atoms with Crippen molar-refractivity contribution in [2.75, 3.05) is 13.6 Å². The lowest BCUT2D eigenvalue weighted by Crippen LogP contribution is -2.38. The number of carboxylic acid groups (broad SMARTS) is 1. The Labute approximate surface area is 238 Å². The van der Waals surface area contributed by atoms with Crippen LogP contribution in [0, 0.1) is 0 Å². The number of rotatable bonds is 10. The molecule has 2 amide bonds. The highest BCUT2D eigenvalue weighted by Crippen LogP contribution is 2.34. The third-order valence-electron chi connectivity index (χ3n) is 7.76. The number of carbonyl (C=O) groups is 2. The van der Waals surface area contributed by atoms with Crippen LogP contribution in [0.15, 0.2) is 72.8 Å². The first kappa shape index (κ1) is 29.2. The quantitative estimate of drug-likeness (QED) is 0.295. The van der Waals surface area contributed by atoms with Crippen molar-refractivity contribution >= 4 is 12.0 Å². The molecule has 0 radical (unpaired) electrons. The van der Waals surface area contributed by atoms with Crippen LogP contribution in [0.5, 0.6) is 5.75 Å². The summed E-state index contributed by atoms with van der Waals surface area (Å²) in [5.41, 5.74) is 4.22. The average molecular weight is 543 g/mol. The van der Waals surface area contributed by atoms with Crippen molar-refractivity contribution in [2.24, 2.45) is 0 Å². The molecule has 1 fully saturated rings. The Morgan fingerprint density at radius 2 is 1.60 bits per heavy atom. The van der Waals surface area contributed by atoms with Crippen molar-refractivity contribution in [1.82, 2.24) is 9.80 Å². The van der Waals surface area contributed by atoms with Crippen molar-refractivity contribution in [1.29, 1.82) is 0 Å². The Kier molecular flexibility index (Phi) is 8.57. The third-order valence-corrected chi connectivity index (χ3v) is 7.76. The summed E-state index contributed by atoms with van der Waals surface area (Å²) in [4.78, 5) is 28.5. The first-order valence-corrected chi connectivity index (χ1v) is 14.1. The van der Waals surface area contributed by atoms with Gasteiger partial charge in [-0.1, -0.05) is 81.4 Å². The topological polar surface area (TPSA) is 70.1 Å².